The first-order chi connectivity index (χ1) is 6.88. The lowest BCUT2D eigenvalue weighted by Crippen LogP contribution is -1.96. The van der Waals surface area contributed by atoms with E-state index in [1.807, 2.05) is 11.3 Å². The molecule has 0 atom stereocenters. The Balaban J connectivity index is 1.92. The van der Waals surface area contributed by atoms with Crippen LogP contribution in [0.1, 0.15) is 4.88 Å². The molecule has 74 valence electrons. The van der Waals surface area contributed by atoms with Crippen LogP contribution in [0.3, 0.4) is 0 Å². The number of anilines is 1. The van der Waals surface area contributed by atoms with Crippen LogP contribution in [0, 0.1) is 0 Å². The maximum Gasteiger partial charge on any atom is 0.160 e. The van der Waals surface area contributed by atoms with Crippen LogP contribution in [-0.2, 0) is 6.54 Å². The van der Waals surface area contributed by atoms with Crippen LogP contribution < -0.4 is 5.32 Å². The zero-order valence-electron chi connectivity index (χ0n) is 7.56. The quantitative estimate of drug-likeness (QED) is 0.838. The molecule has 0 aromatic carbocycles. The molecule has 0 fully saturated rings. The van der Waals surface area contributed by atoms with Gasteiger partial charge in [0.1, 0.15) is 0 Å². The summed E-state index contributed by atoms with van der Waals surface area (Å²) in [5, 5.41) is 3.22. The van der Waals surface area contributed by atoms with E-state index in [1.54, 1.807) is 18.0 Å². The number of thiophene rings is 1. The number of nitrogens with one attached hydrogen (secondary N) is 1. The first-order valence-corrected chi connectivity index (χ1v) is 6.80. The number of hydrogen-bond donors (Lipinski definition) is 1. The molecule has 2 aromatic rings. The molecule has 0 bridgehead atoms. The normalized spacial score (nSPS) is 10.4. The maximum absolute atomic E-state index is 4.08. The van der Waals surface area contributed by atoms with Crippen LogP contribution in [0.5, 0.6) is 0 Å². The van der Waals surface area contributed by atoms with Crippen molar-refractivity contribution >= 4 is 40.6 Å². The monoisotopic (exact) mass is 243 g/mol. The van der Waals surface area contributed by atoms with Gasteiger partial charge in [-0.05, 0) is 18.4 Å². The predicted octanol–water partition coefficient (Wildman–Crippen LogP) is 2.93. The summed E-state index contributed by atoms with van der Waals surface area (Å²) in [6.07, 6.45) is 3.83. The van der Waals surface area contributed by atoms with E-state index in [-0.39, 0.29) is 0 Å². The Kier molecular flexibility index (Phi) is 3.39. The summed E-state index contributed by atoms with van der Waals surface area (Å²) in [7, 11) is 0. The molecule has 0 spiro atoms. The maximum atomic E-state index is 4.08. The summed E-state index contributed by atoms with van der Waals surface area (Å²) in [4.78, 5) is 1.32. The van der Waals surface area contributed by atoms with Crippen LogP contribution in [0.15, 0.2) is 22.5 Å². The Bertz CT molecular complexity index is 382. The minimum Gasteiger partial charge on any atom is -0.363 e. The van der Waals surface area contributed by atoms with Crippen molar-refractivity contribution in [2.24, 2.45) is 0 Å². The lowest BCUT2D eigenvalue weighted by atomic mass is 10.4. The molecule has 2 heterocycles. The Morgan fingerprint density at radius 3 is 3.07 bits per heavy atom. The van der Waals surface area contributed by atoms with Crippen molar-refractivity contribution < 1.29 is 0 Å². The average Bonchev–Trinajstić information content (AvgIpc) is 2.86. The zero-order chi connectivity index (χ0) is 9.80. The molecule has 0 aliphatic carbocycles. The molecule has 0 radical (unpaired) electrons. The molecule has 0 aliphatic rings. The van der Waals surface area contributed by atoms with E-state index in [9.17, 15) is 0 Å². The van der Waals surface area contributed by atoms with Gasteiger partial charge in [-0.1, -0.05) is 0 Å². The molecule has 2 rings (SSSR count). The second-order valence-electron chi connectivity index (χ2n) is 2.57. The number of hydrogen-bond acceptors (Lipinski definition) is 6. The summed E-state index contributed by atoms with van der Waals surface area (Å²) in [5.74, 6) is 0.856. The number of thioether (sulfide) groups is 1. The summed E-state index contributed by atoms with van der Waals surface area (Å²) in [6, 6.07) is 4.29. The Morgan fingerprint density at radius 1 is 1.50 bits per heavy atom. The highest BCUT2D eigenvalue weighted by Gasteiger charge is 1.99. The third-order valence-corrected chi connectivity index (χ3v) is 4.29. The summed E-state index contributed by atoms with van der Waals surface area (Å²) >= 11 is 4.81. The Morgan fingerprint density at radius 2 is 2.43 bits per heavy atom. The highest BCUT2D eigenvalue weighted by atomic mass is 32.2. The lowest BCUT2D eigenvalue weighted by Gasteiger charge is -1.97. The van der Waals surface area contributed by atoms with Gasteiger partial charge in [0, 0.05) is 4.88 Å². The standard InChI is InChI=1S/C8H9N3S3/c1-12-8-3-2-6(13-8)4-9-7-5-10-14-11-7/h2-3,5H,4H2,1H3,(H,9,11). The fraction of sp³-hybridized carbons (Fsp3) is 0.250. The minimum atomic E-state index is 0.830. The fourth-order valence-corrected chi connectivity index (χ4v) is 2.91. The number of aromatic nitrogens is 2. The van der Waals surface area contributed by atoms with Gasteiger partial charge in [0.2, 0.25) is 0 Å². The molecule has 2 aromatic heterocycles. The number of rotatable bonds is 4. The van der Waals surface area contributed by atoms with E-state index in [0.29, 0.717) is 0 Å². The van der Waals surface area contributed by atoms with Gasteiger partial charge in [0.15, 0.2) is 5.82 Å². The van der Waals surface area contributed by atoms with E-state index < -0.39 is 0 Å². The minimum absolute atomic E-state index is 0.830. The van der Waals surface area contributed by atoms with Crippen LogP contribution in [0.2, 0.25) is 0 Å². The lowest BCUT2D eigenvalue weighted by molar-refractivity contribution is 1.17. The van der Waals surface area contributed by atoms with Crippen molar-refractivity contribution in [2.75, 3.05) is 11.6 Å². The fourth-order valence-electron chi connectivity index (χ4n) is 0.983. The topological polar surface area (TPSA) is 37.8 Å². The zero-order valence-corrected chi connectivity index (χ0v) is 10.0. The Hall–Kier alpha value is -0.590. The molecule has 0 saturated carbocycles. The largest absolute Gasteiger partial charge is 0.363 e. The van der Waals surface area contributed by atoms with Gasteiger partial charge in [-0.3, -0.25) is 0 Å². The molecule has 0 aliphatic heterocycles. The highest BCUT2D eigenvalue weighted by Crippen LogP contribution is 2.25. The van der Waals surface area contributed by atoms with Gasteiger partial charge >= 0.3 is 0 Å². The molecule has 6 heteroatoms. The van der Waals surface area contributed by atoms with Gasteiger partial charge in [0.25, 0.3) is 0 Å². The molecule has 1 N–H and O–H groups in total. The van der Waals surface area contributed by atoms with Crippen LogP contribution in [-0.4, -0.2) is 15.0 Å². The van der Waals surface area contributed by atoms with Crippen molar-refractivity contribution in [3.05, 3.63) is 23.2 Å². The average molecular weight is 243 g/mol. The van der Waals surface area contributed by atoms with Gasteiger partial charge in [-0.15, -0.1) is 23.1 Å². The molecule has 0 saturated heterocycles. The molecule has 0 amide bonds. The SMILES string of the molecule is CSc1ccc(CNc2cnsn2)s1. The smallest absolute Gasteiger partial charge is 0.160 e. The summed E-state index contributed by atoms with van der Waals surface area (Å²) in [5.41, 5.74) is 0. The van der Waals surface area contributed by atoms with E-state index >= 15 is 0 Å². The summed E-state index contributed by atoms with van der Waals surface area (Å²) < 4.78 is 9.35. The third-order valence-electron chi connectivity index (χ3n) is 1.64. The van der Waals surface area contributed by atoms with Crippen LogP contribution >= 0.6 is 34.8 Å². The molecular weight excluding hydrogens is 234 g/mol. The van der Waals surface area contributed by atoms with Crippen molar-refractivity contribution in [1.29, 1.82) is 0 Å². The van der Waals surface area contributed by atoms with E-state index in [4.69, 9.17) is 0 Å². The highest BCUT2D eigenvalue weighted by molar-refractivity contribution is 8.00. The number of nitrogens with zero attached hydrogens (tertiary/aromatic N) is 2. The van der Waals surface area contributed by atoms with Crippen molar-refractivity contribution in [1.82, 2.24) is 8.75 Å². The van der Waals surface area contributed by atoms with Crippen molar-refractivity contribution in [3.8, 4) is 0 Å². The van der Waals surface area contributed by atoms with Crippen molar-refractivity contribution in [2.45, 2.75) is 10.8 Å². The van der Waals surface area contributed by atoms with Gasteiger partial charge in [-0.25, -0.2) is 0 Å². The van der Waals surface area contributed by atoms with Gasteiger partial charge < -0.3 is 5.32 Å². The molecule has 3 nitrogen and oxygen atoms in total. The molecule has 14 heavy (non-hydrogen) atoms. The second-order valence-corrected chi connectivity index (χ2v) is 5.40. The van der Waals surface area contributed by atoms with E-state index in [1.165, 1.54) is 20.8 Å². The predicted molar refractivity (Wildman–Crippen MR) is 63.3 cm³/mol. The first kappa shape index (κ1) is 9.95. The van der Waals surface area contributed by atoms with Crippen molar-refractivity contribution in [3.63, 3.8) is 0 Å². The van der Waals surface area contributed by atoms with Gasteiger partial charge in [-0.2, -0.15) is 8.75 Å². The molecule has 0 unspecified atom stereocenters. The van der Waals surface area contributed by atoms with Crippen LogP contribution in [0.25, 0.3) is 0 Å². The second kappa shape index (κ2) is 4.77. The first-order valence-electron chi connectivity index (χ1n) is 4.02. The Labute approximate surface area is 94.9 Å². The molecular formula is C8H9N3S3. The van der Waals surface area contributed by atoms with Gasteiger partial charge in [0.05, 0.1) is 28.7 Å². The van der Waals surface area contributed by atoms with E-state index in [0.717, 1.165) is 12.4 Å². The van der Waals surface area contributed by atoms with Crippen LogP contribution in [0.4, 0.5) is 5.82 Å². The summed E-state index contributed by atoms with van der Waals surface area (Å²) in [6.45, 7) is 0.830. The third kappa shape index (κ3) is 2.46. The van der Waals surface area contributed by atoms with E-state index in [2.05, 4.69) is 32.5 Å².